The van der Waals surface area contributed by atoms with E-state index in [1.165, 1.54) is 0 Å². The van der Waals surface area contributed by atoms with Crippen LogP contribution in [0.4, 0.5) is 0 Å². The van der Waals surface area contributed by atoms with Crippen LogP contribution in [-0.4, -0.2) is 77.2 Å². The molecule has 0 aromatic carbocycles. The van der Waals surface area contributed by atoms with Crippen LogP contribution in [0.5, 0.6) is 0 Å². The Hall–Kier alpha value is 0.0399. The summed E-state index contributed by atoms with van der Waals surface area (Å²) in [7, 11) is 6.81. The molecule has 2 aliphatic heterocycles. The van der Waals surface area contributed by atoms with Gasteiger partial charge in [-0.05, 0) is 40.5 Å². The fraction of sp³-hybridized carbons (Fsp3) is 1.00. The summed E-state index contributed by atoms with van der Waals surface area (Å²) in [5.41, 5.74) is 4.64. The molecule has 2 heterocycles. The van der Waals surface area contributed by atoms with Crippen molar-refractivity contribution >= 4 is 23.5 Å². The van der Waals surface area contributed by atoms with Crippen LogP contribution in [0.25, 0.3) is 0 Å². The Balaban J connectivity index is 1.93. The summed E-state index contributed by atoms with van der Waals surface area (Å²) in [5, 5.41) is 0. The summed E-state index contributed by atoms with van der Waals surface area (Å²) in [4.78, 5) is 12.3. The van der Waals surface area contributed by atoms with Gasteiger partial charge >= 0.3 is 0 Å². The highest BCUT2D eigenvalue weighted by atomic mass is 31.2. The van der Waals surface area contributed by atoms with Crippen molar-refractivity contribution in [3.8, 4) is 0 Å². The maximum Gasteiger partial charge on any atom is 0.268 e. The van der Waals surface area contributed by atoms with Crippen LogP contribution < -0.4 is 10.6 Å². The van der Waals surface area contributed by atoms with E-state index in [9.17, 15) is 9.46 Å². The maximum absolute atomic E-state index is 12.3. The van der Waals surface area contributed by atoms with Gasteiger partial charge < -0.3 is 32.9 Å². The molecule has 2 rings (SSSR count). The minimum atomic E-state index is -4.73. The maximum atomic E-state index is 12.3. The molecule has 3 unspecified atom stereocenters. The molecule has 2 saturated heterocycles. The van der Waals surface area contributed by atoms with Gasteiger partial charge in [0.05, 0.1) is 31.5 Å². The molecule has 0 amide bonds. The summed E-state index contributed by atoms with van der Waals surface area (Å²) in [6.07, 6.45) is -1.70. The monoisotopic (exact) mass is 416 g/mol. The average molecular weight is 416 g/mol. The molecule has 2 aliphatic rings. The second-order valence-electron chi connectivity index (χ2n) is 7.72. The highest BCUT2D eigenvalue weighted by Gasteiger charge is 2.47. The SMILES string of the molecule is [B][C@H]1CC(OC(C)C)[C@@H](COP(=O)([O-])OC2C[C@H]([B])O[C@]2(N)COC(C)C)O1. The summed E-state index contributed by atoms with van der Waals surface area (Å²) in [5.74, 6) is 0. The zero-order valence-corrected chi connectivity index (χ0v) is 17.7. The van der Waals surface area contributed by atoms with Gasteiger partial charge in [-0.1, -0.05) is 0 Å². The molecule has 12 heteroatoms. The highest BCUT2D eigenvalue weighted by molar-refractivity contribution is 7.45. The van der Waals surface area contributed by atoms with Crippen molar-refractivity contribution in [1.82, 2.24) is 0 Å². The van der Waals surface area contributed by atoms with Crippen molar-refractivity contribution in [1.29, 1.82) is 0 Å². The smallest absolute Gasteiger partial charge is 0.268 e. The molecule has 0 spiro atoms. The van der Waals surface area contributed by atoms with Gasteiger partial charge in [-0.15, -0.1) is 0 Å². The summed E-state index contributed by atoms with van der Waals surface area (Å²) in [6.45, 7) is 7.01. The third kappa shape index (κ3) is 7.07. The fourth-order valence-corrected chi connectivity index (χ4v) is 4.08. The van der Waals surface area contributed by atoms with Crippen molar-refractivity contribution in [2.75, 3.05) is 13.2 Å². The van der Waals surface area contributed by atoms with Gasteiger partial charge in [0.25, 0.3) is 7.82 Å². The van der Waals surface area contributed by atoms with Crippen LogP contribution in [0.2, 0.25) is 0 Å². The van der Waals surface area contributed by atoms with Crippen LogP contribution in [0.3, 0.4) is 0 Å². The molecule has 4 radical (unpaired) electrons. The van der Waals surface area contributed by atoms with Gasteiger partial charge in [0.1, 0.15) is 27.9 Å². The van der Waals surface area contributed by atoms with Gasteiger partial charge in [-0.2, -0.15) is 0 Å². The Morgan fingerprint density at radius 1 is 1.21 bits per heavy atom. The van der Waals surface area contributed by atoms with Crippen LogP contribution in [-0.2, 0) is 32.6 Å². The third-order valence-corrected chi connectivity index (χ3v) is 5.31. The Morgan fingerprint density at radius 3 is 2.50 bits per heavy atom. The molecule has 0 aliphatic carbocycles. The van der Waals surface area contributed by atoms with Crippen LogP contribution in [0, 0.1) is 0 Å². The summed E-state index contributed by atoms with van der Waals surface area (Å²) < 4.78 is 44.6. The van der Waals surface area contributed by atoms with E-state index in [1.54, 1.807) is 0 Å². The summed E-state index contributed by atoms with van der Waals surface area (Å²) in [6, 6.07) is -1.32. The van der Waals surface area contributed by atoms with Gasteiger partial charge in [0.15, 0.2) is 5.72 Å². The lowest BCUT2D eigenvalue weighted by Crippen LogP contribution is -2.54. The molecule has 9 nitrogen and oxygen atoms in total. The normalized spacial score (nSPS) is 38.4. The number of rotatable bonds is 10. The van der Waals surface area contributed by atoms with E-state index in [0.717, 1.165) is 0 Å². The minimum absolute atomic E-state index is 0.0624. The molecule has 158 valence electrons. The highest BCUT2D eigenvalue weighted by Crippen LogP contribution is 2.45. The zero-order valence-electron chi connectivity index (χ0n) is 16.8. The van der Waals surface area contributed by atoms with Crippen LogP contribution in [0.15, 0.2) is 0 Å². The van der Waals surface area contributed by atoms with E-state index >= 15 is 0 Å². The van der Waals surface area contributed by atoms with Crippen molar-refractivity contribution in [2.45, 2.75) is 88.8 Å². The molecule has 0 aromatic rings. The standard InChI is InChI=1S/C16H30B2NO8P/c1-9(2)22-8-16(19)13(6-15(18)26-16)27-28(20,21)23-7-12-11(24-10(3)4)5-14(17)25-12/h9-15H,5-8,19H2,1-4H3,(H,20,21)/p-1/t11?,12-,13?,14-,15-,16-/m1/s1. The zero-order chi connectivity index (χ0) is 21.1. The lowest BCUT2D eigenvalue weighted by atomic mass is 9.95. The molecular formula is C16H29B2NO8P-. The van der Waals surface area contributed by atoms with Crippen molar-refractivity contribution < 1.29 is 37.5 Å². The third-order valence-electron chi connectivity index (χ3n) is 4.33. The van der Waals surface area contributed by atoms with Gasteiger partial charge in [0, 0.05) is 12.0 Å². The fourth-order valence-electron chi connectivity index (χ4n) is 3.11. The molecule has 28 heavy (non-hydrogen) atoms. The Bertz CT molecular complexity index is 557. The number of hydrogen-bond acceptors (Lipinski definition) is 9. The number of phosphoric acid groups is 1. The first-order chi connectivity index (χ1) is 12.9. The van der Waals surface area contributed by atoms with E-state index in [4.69, 9.17) is 49.4 Å². The molecule has 0 saturated carbocycles. The Morgan fingerprint density at radius 2 is 1.89 bits per heavy atom. The predicted molar refractivity (Wildman–Crippen MR) is 101 cm³/mol. The number of phosphoric ester groups is 1. The number of ether oxygens (including phenoxy) is 4. The van der Waals surface area contributed by atoms with Crippen LogP contribution in [0.1, 0.15) is 40.5 Å². The molecule has 2 N–H and O–H groups in total. The second kappa shape index (κ2) is 9.90. The molecular weight excluding hydrogens is 387 g/mol. The molecule has 0 aromatic heterocycles. The first-order valence-corrected chi connectivity index (χ1v) is 10.9. The lowest BCUT2D eigenvalue weighted by molar-refractivity contribution is -0.238. The van der Waals surface area contributed by atoms with Crippen LogP contribution >= 0.6 is 7.82 Å². The Labute approximate surface area is 169 Å². The molecule has 7 atom stereocenters. The van der Waals surface area contributed by atoms with E-state index in [0.29, 0.717) is 6.42 Å². The number of nitrogens with two attached hydrogens (primary N) is 1. The van der Waals surface area contributed by atoms with Crippen molar-refractivity contribution in [2.24, 2.45) is 5.73 Å². The second-order valence-corrected chi connectivity index (χ2v) is 9.08. The quantitative estimate of drug-likeness (QED) is 0.385. The molecule has 2 fully saturated rings. The van der Waals surface area contributed by atoms with Gasteiger partial charge in [0.2, 0.25) is 0 Å². The van der Waals surface area contributed by atoms with Crippen molar-refractivity contribution in [3.05, 3.63) is 0 Å². The first kappa shape index (κ1) is 24.3. The minimum Gasteiger partial charge on any atom is -0.756 e. The lowest BCUT2D eigenvalue weighted by Gasteiger charge is -2.35. The largest absolute Gasteiger partial charge is 0.756 e. The van der Waals surface area contributed by atoms with E-state index in [2.05, 4.69) is 0 Å². The van der Waals surface area contributed by atoms with E-state index in [1.807, 2.05) is 27.7 Å². The van der Waals surface area contributed by atoms with Gasteiger partial charge in [-0.3, -0.25) is 10.3 Å². The Kier molecular flexibility index (Phi) is 8.59. The average Bonchev–Trinajstić information content (AvgIpc) is 3.02. The first-order valence-electron chi connectivity index (χ1n) is 9.44. The predicted octanol–water partition coefficient (Wildman–Crippen LogP) is -0.0714. The van der Waals surface area contributed by atoms with Crippen molar-refractivity contribution in [3.63, 3.8) is 0 Å². The van der Waals surface area contributed by atoms with E-state index < -0.39 is 37.8 Å². The topological polar surface area (TPSA) is 122 Å². The number of hydrogen-bond donors (Lipinski definition) is 1. The summed E-state index contributed by atoms with van der Waals surface area (Å²) >= 11 is 0. The van der Waals surface area contributed by atoms with Gasteiger partial charge in [-0.25, -0.2) is 0 Å². The van der Waals surface area contributed by atoms with E-state index in [-0.39, 0.29) is 37.9 Å². The molecule has 0 bridgehead atoms.